The van der Waals surface area contributed by atoms with Gasteiger partial charge in [0.2, 0.25) is 0 Å². The van der Waals surface area contributed by atoms with Crippen LogP contribution >= 0.6 is 11.6 Å². The van der Waals surface area contributed by atoms with E-state index in [1.165, 1.54) is 0 Å². The van der Waals surface area contributed by atoms with Crippen LogP contribution in [0.15, 0.2) is 24.3 Å². The van der Waals surface area contributed by atoms with Gasteiger partial charge >= 0.3 is 5.97 Å². The first-order valence-corrected chi connectivity index (χ1v) is 5.34. The summed E-state index contributed by atoms with van der Waals surface area (Å²) in [4.78, 5) is 12.5. The number of benzene rings is 1. The number of hydrogen-bond donors (Lipinski definition) is 1. The molecule has 0 bridgehead atoms. The van der Waals surface area contributed by atoms with E-state index in [1.54, 1.807) is 12.1 Å². The molecule has 0 radical (unpaired) electrons. The van der Waals surface area contributed by atoms with E-state index in [9.17, 15) is 4.79 Å². The van der Waals surface area contributed by atoms with E-state index >= 15 is 0 Å². The molecule has 0 fully saturated rings. The van der Waals surface area contributed by atoms with E-state index in [2.05, 4.69) is 0 Å². The highest BCUT2D eigenvalue weighted by Crippen LogP contribution is 2.25. The van der Waals surface area contributed by atoms with Gasteiger partial charge in [0.1, 0.15) is 0 Å². The van der Waals surface area contributed by atoms with Crippen molar-refractivity contribution in [1.82, 2.24) is 0 Å². The van der Waals surface area contributed by atoms with E-state index in [-0.39, 0.29) is 0 Å². The number of hydrogen-bond acceptors (Lipinski definition) is 2. The van der Waals surface area contributed by atoms with Crippen LogP contribution in [0.3, 0.4) is 0 Å². The Hall–Kier alpha value is -1.48. The lowest BCUT2D eigenvalue weighted by molar-refractivity contribution is -0.131. The van der Waals surface area contributed by atoms with Gasteiger partial charge < -0.3 is 10.0 Å². The minimum absolute atomic E-state index is 0.641. The molecule has 1 aromatic rings. The van der Waals surface area contributed by atoms with Crippen LogP contribution in [0.4, 0.5) is 5.69 Å². The van der Waals surface area contributed by atoms with Gasteiger partial charge in [-0.05, 0) is 30.7 Å². The predicted octanol–water partition coefficient (Wildman–Crippen LogP) is 2.89. The second kappa shape index (κ2) is 5.56. The third-order valence-electron chi connectivity index (χ3n) is 2.28. The normalized spacial score (nSPS) is 10.7. The summed E-state index contributed by atoms with van der Waals surface area (Å²) < 4.78 is 0. The minimum atomic E-state index is -0.958. The van der Waals surface area contributed by atoms with E-state index in [4.69, 9.17) is 16.7 Å². The zero-order valence-electron chi connectivity index (χ0n) is 9.27. The highest BCUT2D eigenvalue weighted by molar-refractivity contribution is 6.31. The molecule has 3 nitrogen and oxygen atoms in total. The SMILES string of the molecule is CCN(C)c1cc(Cl)ccc1/C=C/C(=O)O. The number of anilines is 1. The third kappa shape index (κ3) is 3.28. The summed E-state index contributed by atoms with van der Waals surface area (Å²) in [5.41, 5.74) is 1.77. The fraction of sp³-hybridized carbons (Fsp3) is 0.250. The molecule has 0 atom stereocenters. The summed E-state index contributed by atoms with van der Waals surface area (Å²) in [7, 11) is 1.93. The molecule has 1 rings (SSSR count). The molecule has 0 aromatic heterocycles. The van der Waals surface area contributed by atoms with Crippen LogP contribution in [-0.4, -0.2) is 24.7 Å². The maximum Gasteiger partial charge on any atom is 0.328 e. The fourth-order valence-electron chi connectivity index (χ4n) is 1.32. The Morgan fingerprint density at radius 3 is 2.81 bits per heavy atom. The van der Waals surface area contributed by atoms with Gasteiger partial charge in [-0.25, -0.2) is 4.79 Å². The summed E-state index contributed by atoms with van der Waals surface area (Å²) in [5, 5.41) is 9.23. The summed E-state index contributed by atoms with van der Waals surface area (Å²) >= 11 is 5.91. The Morgan fingerprint density at radius 1 is 1.56 bits per heavy atom. The van der Waals surface area contributed by atoms with Gasteiger partial charge in [0, 0.05) is 30.4 Å². The van der Waals surface area contributed by atoms with Crippen molar-refractivity contribution in [3.63, 3.8) is 0 Å². The molecule has 0 aliphatic carbocycles. The van der Waals surface area contributed by atoms with Gasteiger partial charge in [-0.15, -0.1) is 0 Å². The van der Waals surface area contributed by atoms with Crippen LogP contribution < -0.4 is 4.90 Å². The molecular formula is C12H14ClNO2. The highest BCUT2D eigenvalue weighted by Gasteiger charge is 2.05. The van der Waals surface area contributed by atoms with Crippen molar-refractivity contribution < 1.29 is 9.90 Å². The number of carboxylic acid groups (broad SMARTS) is 1. The molecule has 0 saturated carbocycles. The highest BCUT2D eigenvalue weighted by atomic mass is 35.5. The molecule has 1 N–H and O–H groups in total. The Balaban J connectivity index is 3.12. The van der Waals surface area contributed by atoms with Gasteiger partial charge in [-0.2, -0.15) is 0 Å². The van der Waals surface area contributed by atoms with Gasteiger partial charge in [0.25, 0.3) is 0 Å². The number of halogens is 1. The standard InChI is InChI=1S/C12H14ClNO2/c1-3-14(2)11-8-10(13)6-4-9(11)5-7-12(15)16/h4-8H,3H2,1-2H3,(H,15,16)/b7-5+. The zero-order chi connectivity index (χ0) is 12.1. The molecule has 0 heterocycles. The molecule has 0 unspecified atom stereocenters. The Kier molecular flexibility index (Phi) is 4.38. The topological polar surface area (TPSA) is 40.5 Å². The Morgan fingerprint density at radius 2 is 2.25 bits per heavy atom. The first-order chi connectivity index (χ1) is 7.54. The number of nitrogens with zero attached hydrogens (tertiary/aromatic N) is 1. The predicted molar refractivity (Wildman–Crippen MR) is 67.1 cm³/mol. The van der Waals surface area contributed by atoms with E-state index < -0.39 is 5.97 Å². The second-order valence-corrected chi connectivity index (χ2v) is 3.83. The van der Waals surface area contributed by atoms with Crippen molar-refractivity contribution in [3.05, 3.63) is 34.9 Å². The first-order valence-electron chi connectivity index (χ1n) is 4.96. The molecule has 0 amide bonds. The van der Waals surface area contributed by atoms with Crippen LogP contribution in [0.5, 0.6) is 0 Å². The average molecular weight is 240 g/mol. The Labute approximate surface area is 100.0 Å². The van der Waals surface area contributed by atoms with Gasteiger partial charge in [-0.3, -0.25) is 0 Å². The number of aliphatic carboxylic acids is 1. The van der Waals surface area contributed by atoms with Crippen LogP contribution in [0.1, 0.15) is 12.5 Å². The Bertz CT molecular complexity index is 415. The minimum Gasteiger partial charge on any atom is -0.478 e. The number of carbonyl (C=O) groups is 1. The molecule has 16 heavy (non-hydrogen) atoms. The van der Waals surface area contributed by atoms with Crippen molar-refractivity contribution >= 4 is 29.3 Å². The van der Waals surface area contributed by atoms with Crippen molar-refractivity contribution in [3.8, 4) is 0 Å². The summed E-state index contributed by atoms with van der Waals surface area (Å²) in [5.74, 6) is -0.958. The van der Waals surface area contributed by atoms with Crippen LogP contribution in [0, 0.1) is 0 Å². The zero-order valence-corrected chi connectivity index (χ0v) is 10.0. The molecule has 0 saturated heterocycles. The lowest BCUT2D eigenvalue weighted by atomic mass is 10.1. The van der Waals surface area contributed by atoms with E-state index in [1.807, 2.05) is 31.0 Å². The number of rotatable bonds is 4. The van der Waals surface area contributed by atoms with Crippen LogP contribution in [0.25, 0.3) is 6.08 Å². The van der Waals surface area contributed by atoms with E-state index in [0.717, 1.165) is 23.9 Å². The van der Waals surface area contributed by atoms with Crippen molar-refractivity contribution in [2.75, 3.05) is 18.5 Å². The largest absolute Gasteiger partial charge is 0.478 e. The third-order valence-corrected chi connectivity index (χ3v) is 2.52. The molecular weight excluding hydrogens is 226 g/mol. The molecule has 4 heteroatoms. The second-order valence-electron chi connectivity index (χ2n) is 3.39. The van der Waals surface area contributed by atoms with Gasteiger partial charge in [0.05, 0.1) is 0 Å². The van der Waals surface area contributed by atoms with Crippen molar-refractivity contribution in [2.45, 2.75) is 6.92 Å². The summed E-state index contributed by atoms with van der Waals surface area (Å²) in [6.45, 7) is 2.85. The van der Waals surface area contributed by atoms with Crippen molar-refractivity contribution in [2.24, 2.45) is 0 Å². The van der Waals surface area contributed by atoms with Gasteiger partial charge in [-0.1, -0.05) is 17.7 Å². The van der Waals surface area contributed by atoms with E-state index in [0.29, 0.717) is 5.02 Å². The maximum atomic E-state index is 10.5. The smallest absolute Gasteiger partial charge is 0.328 e. The lowest BCUT2D eigenvalue weighted by Gasteiger charge is -2.19. The fourth-order valence-corrected chi connectivity index (χ4v) is 1.49. The molecule has 86 valence electrons. The lowest BCUT2D eigenvalue weighted by Crippen LogP contribution is -2.16. The van der Waals surface area contributed by atoms with Crippen LogP contribution in [0.2, 0.25) is 5.02 Å². The summed E-state index contributed by atoms with van der Waals surface area (Å²) in [6.07, 6.45) is 2.69. The monoisotopic (exact) mass is 239 g/mol. The molecule has 0 aliphatic heterocycles. The quantitative estimate of drug-likeness (QED) is 0.822. The molecule has 0 spiro atoms. The maximum absolute atomic E-state index is 10.5. The first kappa shape index (κ1) is 12.6. The van der Waals surface area contributed by atoms with Gasteiger partial charge in [0.15, 0.2) is 0 Å². The average Bonchev–Trinajstić information content (AvgIpc) is 2.26. The summed E-state index contributed by atoms with van der Waals surface area (Å²) in [6, 6.07) is 5.38. The van der Waals surface area contributed by atoms with Crippen molar-refractivity contribution in [1.29, 1.82) is 0 Å². The number of carboxylic acids is 1. The molecule has 0 aliphatic rings. The van der Waals surface area contributed by atoms with Crippen LogP contribution in [-0.2, 0) is 4.79 Å². The molecule has 1 aromatic carbocycles.